The minimum Gasteiger partial charge on any atom is -0.444 e. The van der Waals surface area contributed by atoms with Gasteiger partial charge in [-0.2, -0.15) is 13.2 Å². The second-order valence-corrected chi connectivity index (χ2v) is 14.1. The SMILES string of the molecule is CC(C)(C)OC(=O)N1CCCC(O)(CCc2nc(Cn3nc(-c4ccc(Cl)cc4)n(C[C@H](O)C(F)(F)F)c3=O)nn2-c2ccccc2Cl)CC1. The fraction of sp³-hybridized carbons (Fsp3) is 0.485. The van der Waals surface area contributed by atoms with Gasteiger partial charge in [-0.25, -0.2) is 23.9 Å². The minimum absolute atomic E-state index is 0.106. The Kier molecular flexibility index (Phi) is 11.0. The maximum absolute atomic E-state index is 13.5. The van der Waals surface area contributed by atoms with Gasteiger partial charge in [-0.1, -0.05) is 35.3 Å². The lowest BCUT2D eigenvalue weighted by molar-refractivity contribution is -0.207. The van der Waals surface area contributed by atoms with Crippen LogP contribution in [0, 0.1) is 0 Å². The van der Waals surface area contributed by atoms with Gasteiger partial charge >= 0.3 is 18.0 Å². The van der Waals surface area contributed by atoms with E-state index in [-0.39, 0.29) is 31.0 Å². The molecule has 2 atom stereocenters. The molecule has 1 unspecified atom stereocenters. The average molecular weight is 741 g/mol. The number of hydrogen-bond donors (Lipinski definition) is 2. The first-order valence-corrected chi connectivity index (χ1v) is 16.8. The summed E-state index contributed by atoms with van der Waals surface area (Å²) < 4.78 is 48.7. The largest absolute Gasteiger partial charge is 0.444 e. The van der Waals surface area contributed by atoms with Crippen LogP contribution >= 0.6 is 23.2 Å². The normalized spacial score (nSPS) is 17.8. The summed E-state index contributed by atoms with van der Waals surface area (Å²) in [5, 5.41) is 31.0. The highest BCUT2D eigenvalue weighted by Crippen LogP contribution is 2.30. The predicted molar refractivity (Wildman–Crippen MR) is 179 cm³/mol. The number of para-hydroxylation sites is 1. The van der Waals surface area contributed by atoms with Crippen LogP contribution in [0.1, 0.15) is 58.1 Å². The lowest BCUT2D eigenvalue weighted by Gasteiger charge is -2.28. The van der Waals surface area contributed by atoms with Crippen LogP contribution < -0.4 is 5.69 Å². The first kappa shape index (κ1) is 37.3. The van der Waals surface area contributed by atoms with E-state index in [1.165, 1.54) is 28.9 Å². The number of rotatable bonds is 9. The van der Waals surface area contributed by atoms with E-state index in [4.69, 9.17) is 27.9 Å². The number of aryl methyl sites for hydroxylation is 1. The highest BCUT2D eigenvalue weighted by Gasteiger charge is 2.39. The molecule has 5 rings (SSSR count). The summed E-state index contributed by atoms with van der Waals surface area (Å²) in [4.78, 5) is 32.4. The zero-order valence-corrected chi connectivity index (χ0v) is 29.2. The van der Waals surface area contributed by atoms with Gasteiger partial charge in [0.1, 0.15) is 18.0 Å². The molecule has 17 heteroatoms. The van der Waals surface area contributed by atoms with Gasteiger partial charge in [-0.05, 0) is 82.9 Å². The third-order valence-electron chi connectivity index (χ3n) is 8.23. The quantitative estimate of drug-likeness (QED) is 0.224. The van der Waals surface area contributed by atoms with Crippen LogP contribution in [0.5, 0.6) is 0 Å². The van der Waals surface area contributed by atoms with E-state index in [0.29, 0.717) is 59.5 Å². The molecule has 2 aromatic carbocycles. The van der Waals surface area contributed by atoms with Gasteiger partial charge in [0.15, 0.2) is 17.8 Å². The number of aromatic nitrogens is 6. The topological polar surface area (TPSA) is 141 Å². The molecular formula is C33H38Cl2F3N7O5. The number of halogens is 5. The number of carbonyl (C=O) groups is 1. The number of nitrogens with zero attached hydrogens (tertiary/aromatic N) is 7. The van der Waals surface area contributed by atoms with Crippen molar-refractivity contribution < 1.29 is 32.9 Å². The Labute approximate surface area is 296 Å². The molecule has 1 fully saturated rings. The average Bonchev–Trinajstić information content (AvgIpc) is 3.49. The summed E-state index contributed by atoms with van der Waals surface area (Å²) in [6.07, 6.45) is -6.43. The Hall–Kier alpha value is -3.92. The van der Waals surface area contributed by atoms with Gasteiger partial charge in [-0.15, -0.1) is 10.2 Å². The van der Waals surface area contributed by atoms with Gasteiger partial charge in [0.25, 0.3) is 0 Å². The van der Waals surface area contributed by atoms with Gasteiger partial charge < -0.3 is 19.8 Å². The standard InChI is InChI=1S/C33H38Cl2F3N7O5/c1-31(2,3)50-30(48)42-17-6-14-32(49,16-18-42)15-13-27-39-26(40-45(27)24-8-5-4-7-23(24)35)20-44-29(47)43(19-25(46)33(36,37)38)28(41-44)21-9-11-22(34)12-10-21/h4-5,7-12,25,46,49H,6,13-20H2,1-3H3/t25-,32?/m0/s1. The number of ether oxygens (including phenoxy) is 1. The summed E-state index contributed by atoms with van der Waals surface area (Å²) in [7, 11) is 0. The summed E-state index contributed by atoms with van der Waals surface area (Å²) in [5.74, 6) is 0.402. The van der Waals surface area contributed by atoms with Crippen LogP contribution in [0.4, 0.5) is 18.0 Å². The molecule has 1 aliphatic rings. The van der Waals surface area contributed by atoms with Crippen molar-refractivity contribution in [3.05, 3.63) is 80.7 Å². The Balaban J connectivity index is 1.43. The van der Waals surface area contributed by atoms with Gasteiger partial charge in [0.2, 0.25) is 0 Å². The van der Waals surface area contributed by atoms with Gasteiger partial charge in [0.05, 0.1) is 22.9 Å². The number of carbonyl (C=O) groups excluding carboxylic acids is 1. The smallest absolute Gasteiger partial charge is 0.416 e. The van der Waals surface area contributed by atoms with Crippen molar-refractivity contribution in [2.45, 2.75) is 89.4 Å². The maximum atomic E-state index is 13.5. The van der Waals surface area contributed by atoms with Crippen molar-refractivity contribution in [2.75, 3.05) is 13.1 Å². The zero-order valence-electron chi connectivity index (χ0n) is 27.7. The molecule has 0 saturated carbocycles. The summed E-state index contributed by atoms with van der Waals surface area (Å²) in [5.41, 5.74) is -1.91. The molecule has 1 saturated heterocycles. The molecule has 0 aliphatic carbocycles. The third-order valence-corrected chi connectivity index (χ3v) is 8.80. The Morgan fingerprint density at radius 1 is 1.04 bits per heavy atom. The van der Waals surface area contributed by atoms with Crippen molar-refractivity contribution in [3.63, 3.8) is 0 Å². The number of amides is 1. The lowest BCUT2D eigenvalue weighted by atomic mass is 9.89. The summed E-state index contributed by atoms with van der Waals surface area (Å²) in [6.45, 7) is 4.71. The molecule has 1 amide bonds. The van der Waals surface area contributed by atoms with E-state index in [9.17, 15) is 33.0 Å². The van der Waals surface area contributed by atoms with Crippen LogP contribution in [0.25, 0.3) is 17.1 Å². The molecule has 12 nitrogen and oxygen atoms in total. The Morgan fingerprint density at radius 3 is 2.40 bits per heavy atom. The predicted octanol–water partition coefficient (Wildman–Crippen LogP) is 5.66. The Bertz CT molecular complexity index is 1870. The molecule has 3 heterocycles. The fourth-order valence-corrected chi connectivity index (χ4v) is 5.99. The molecule has 50 heavy (non-hydrogen) atoms. The number of aliphatic hydroxyl groups is 2. The van der Waals surface area contributed by atoms with E-state index in [1.54, 1.807) is 49.9 Å². The summed E-state index contributed by atoms with van der Waals surface area (Å²) in [6, 6.07) is 12.9. The molecule has 0 spiro atoms. The first-order chi connectivity index (χ1) is 23.4. The number of hydrogen-bond acceptors (Lipinski definition) is 8. The lowest BCUT2D eigenvalue weighted by Crippen LogP contribution is -2.38. The van der Waals surface area contributed by atoms with Crippen LogP contribution in [-0.4, -0.2) is 86.9 Å². The van der Waals surface area contributed by atoms with E-state index in [2.05, 4.69) is 15.2 Å². The Morgan fingerprint density at radius 2 is 1.74 bits per heavy atom. The minimum atomic E-state index is -4.97. The van der Waals surface area contributed by atoms with E-state index in [1.807, 2.05) is 0 Å². The molecule has 270 valence electrons. The first-order valence-electron chi connectivity index (χ1n) is 16.0. The molecule has 1 aliphatic heterocycles. The van der Waals surface area contributed by atoms with Crippen LogP contribution in [0.15, 0.2) is 53.3 Å². The van der Waals surface area contributed by atoms with E-state index in [0.717, 1.165) is 9.25 Å². The third kappa shape index (κ3) is 9.05. The monoisotopic (exact) mass is 739 g/mol. The maximum Gasteiger partial charge on any atom is 0.416 e. The number of alkyl halides is 3. The van der Waals surface area contributed by atoms with Crippen molar-refractivity contribution in [1.29, 1.82) is 0 Å². The van der Waals surface area contributed by atoms with Crippen molar-refractivity contribution in [1.82, 2.24) is 34.0 Å². The number of aliphatic hydroxyl groups excluding tert-OH is 1. The highest BCUT2D eigenvalue weighted by molar-refractivity contribution is 6.32. The zero-order chi connectivity index (χ0) is 36.4. The fourth-order valence-electron chi connectivity index (χ4n) is 5.65. The second-order valence-electron chi connectivity index (χ2n) is 13.3. The molecule has 4 aromatic rings. The molecule has 0 bridgehead atoms. The molecule has 2 N–H and O–H groups in total. The number of likely N-dealkylation sites (tertiary alicyclic amines) is 1. The van der Waals surface area contributed by atoms with Crippen LogP contribution in [0.2, 0.25) is 10.0 Å². The highest BCUT2D eigenvalue weighted by atomic mass is 35.5. The number of benzene rings is 2. The van der Waals surface area contributed by atoms with Crippen molar-refractivity contribution in [3.8, 4) is 17.1 Å². The molecule has 2 aromatic heterocycles. The molecule has 0 radical (unpaired) electrons. The van der Waals surface area contributed by atoms with Crippen LogP contribution in [0.3, 0.4) is 0 Å². The van der Waals surface area contributed by atoms with E-state index < -0.39 is 41.8 Å². The van der Waals surface area contributed by atoms with Crippen molar-refractivity contribution >= 4 is 29.3 Å². The summed E-state index contributed by atoms with van der Waals surface area (Å²) >= 11 is 12.5. The molecular weight excluding hydrogens is 702 g/mol. The van der Waals surface area contributed by atoms with Crippen LogP contribution in [-0.2, 0) is 24.2 Å². The van der Waals surface area contributed by atoms with Crippen molar-refractivity contribution in [2.24, 2.45) is 0 Å². The van der Waals surface area contributed by atoms with Gasteiger partial charge in [-0.3, -0.25) is 4.57 Å². The van der Waals surface area contributed by atoms with E-state index >= 15 is 0 Å². The van der Waals surface area contributed by atoms with Gasteiger partial charge in [0, 0.05) is 30.1 Å². The second kappa shape index (κ2) is 14.7.